The second kappa shape index (κ2) is 10.1. The van der Waals surface area contributed by atoms with E-state index in [0.717, 1.165) is 57.1 Å². The van der Waals surface area contributed by atoms with E-state index in [9.17, 15) is 0 Å². The second-order valence-electron chi connectivity index (χ2n) is 5.62. The van der Waals surface area contributed by atoms with Crippen molar-refractivity contribution in [2.24, 2.45) is 4.99 Å². The molecule has 24 heavy (non-hydrogen) atoms. The fraction of sp³-hybridized carbons (Fsp3) is 0.588. The summed E-state index contributed by atoms with van der Waals surface area (Å²) in [6, 6.07) is 0. The van der Waals surface area contributed by atoms with Crippen LogP contribution in [0.1, 0.15) is 35.5 Å². The summed E-state index contributed by atoms with van der Waals surface area (Å²) in [6.45, 7) is 6.99. The van der Waals surface area contributed by atoms with E-state index in [-0.39, 0.29) is 0 Å². The van der Waals surface area contributed by atoms with Crippen LogP contribution in [0.3, 0.4) is 0 Å². The van der Waals surface area contributed by atoms with Crippen molar-refractivity contribution in [3.05, 3.63) is 34.3 Å². The summed E-state index contributed by atoms with van der Waals surface area (Å²) in [5, 5.41) is 7.90. The summed E-state index contributed by atoms with van der Waals surface area (Å²) in [5.41, 5.74) is 0. The summed E-state index contributed by atoms with van der Waals surface area (Å²) in [6.07, 6.45) is 10.1. The van der Waals surface area contributed by atoms with Crippen LogP contribution < -0.4 is 10.6 Å². The van der Waals surface area contributed by atoms with Gasteiger partial charge in [0.2, 0.25) is 0 Å². The molecular weight excluding hydrogens is 320 g/mol. The number of rotatable bonds is 9. The molecule has 0 aliphatic rings. The van der Waals surface area contributed by atoms with Crippen molar-refractivity contribution in [1.29, 1.82) is 0 Å². The van der Waals surface area contributed by atoms with Crippen molar-refractivity contribution < 1.29 is 0 Å². The molecule has 0 fully saturated rings. The van der Waals surface area contributed by atoms with Gasteiger partial charge in [-0.1, -0.05) is 6.92 Å². The molecular formula is C17H28N6S. The lowest BCUT2D eigenvalue weighted by Gasteiger charge is -2.11. The molecule has 2 rings (SSSR count). The predicted molar refractivity (Wildman–Crippen MR) is 101 cm³/mol. The Morgan fingerprint density at radius 3 is 2.75 bits per heavy atom. The third kappa shape index (κ3) is 5.96. The molecule has 2 N–H and O–H groups in total. The van der Waals surface area contributed by atoms with E-state index in [4.69, 9.17) is 0 Å². The molecule has 6 nitrogen and oxygen atoms in total. The van der Waals surface area contributed by atoms with Crippen LogP contribution in [0.2, 0.25) is 0 Å². The van der Waals surface area contributed by atoms with E-state index in [1.807, 2.05) is 32.6 Å². The Morgan fingerprint density at radius 2 is 2.08 bits per heavy atom. The lowest BCUT2D eigenvalue weighted by molar-refractivity contribution is 0.588. The Hall–Kier alpha value is -1.89. The van der Waals surface area contributed by atoms with Crippen molar-refractivity contribution >= 4 is 17.3 Å². The van der Waals surface area contributed by atoms with Gasteiger partial charge in [-0.25, -0.2) is 9.97 Å². The summed E-state index contributed by atoms with van der Waals surface area (Å²) >= 11 is 1.80. The van der Waals surface area contributed by atoms with Crippen molar-refractivity contribution in [3.8, 4) is 0 Å². The van der Waals surface area contributed by atoms with E-state index in [0.29, 0.717) is 0 Å². The van der Waals surface area contributed by atoms with Crippen molar-refractivity contribution in [1.82, 2.24) is 25.2 Å². The number of thiazole rings is 1. The van der Waals surface area contributed by atoms with Gasteiger partial charge in [-0.3, -0.25) is 4.99 Å². The lowest BCUT2D eigenvalue weighted by Crippen LogP contribution is -2.38. The summed E-state index contributed by atoms with van der Waals surface area (Å²) in [7, 11) is 1.81. The number of guanidine groups is 1. The van der Waals surface area contributed by atoms with Gasteiger partial charge in [0.25, 0.3) is 0 Å². The van der Waals surface area contributed by atoms with Crippen LogP contribution in [0.15, 0.2) is 23.6 Å². The quantitative estimate of drug-likeness (QED) is 0.415. The Labute approximate surface area is 148 Å². The molecule has 0 amide bonds. The first-order chi connectivity index (χ1) is 11.7. The molecule has 2 aromatic heterocycles. The van der Waals surface area contributed by atoms with Gasteiger partial charge in [0, 0.05) is 56.6 Å². The minimum atomic E-state index is 0.852. The molecule has 0 bridgehead atoms. The minimum Gasteiger partial charge on any atom is -0.356 e. The van der Waals surface area contributed by atoms with Crippen LogP contribution in [0.25, 0.3) is 0 Å². The topological polar surface area (TPSA) is 67.1 Å². The zero-order valence-corrected chi connectivity index (χ0v) is 15.7. The second-order valence-corrected chi connectivity index (χ2v) is 6.82. The van der Waals surface area contributed by atoms with Gasteiger partial charge >= 0.3 is 0 Å². The first-order valence-electron chi connectivity index (χ1n) is 8.58. The molecule has 2 heterocycles. The highest BCUT2D eigenvalue weighted by Gasteiger charge is 2.02. The average molecular weight is 349 g/mol. The molecule has 0 spiro atoms. The van der Waals surface area contributed by atoms with Crippen LogP contribution >= 0.6 is 11.3 Å². The first kappa shape index (κ1) is 18.4. The molecule has 0 saturated heterocycles. The van der Waals surface area contributed by atoms with Gasteiger partial charge in [0.15, 0.2) is 5.96 Å². The Bertz CT molecular complexity index is 631. The lowest BCUT2D eigenvalue weighted by atomic mass is 10.3. The van der Waals surface area contributed by atoms with Crippen molar-refractivity contribution in [2.75, 3.05) is 20.1 Å². The Morgan fingerprint density at radius 1 is 1.25 bits per heavy atom. The average Bonchev–Trinajstić information content (AvgIpc) is 3.22. The van der Waals surface area contributed by atoms with Gasteiger partial charge in [-0.2, -0.15) is 0 Å². The number of aliphatic imine (C=N–C) groups is 1. The van der Waals surface area contributed by atoms with Gasteiger partial charge < -0.3 is 15.2 Å². The van der Waals surface area contributed by atoms with Crippen molar-refractivity contribution in [3.63, 3.8) is 0 Å². The Kier molecular flexibility index (Phi) is 7.74. The summed E-state index contributed by atoms with van der Waals surface area (Å²) < 4.78 is 2.19. The summed E-state index contributed by atoms with van der Waals surface area (Å²) in [4.78, 5) is 14.3. The van der Waals surface area contributed by atoms with E-state index in [1.165, 1.54) is 9.88 Å². The number of hydrogen-bond donors (Lipinski definition) is 2. The van der Waals surface area contributed by atoms with Crippen LogP contribution in [0.5, 0.6) is 0 Å². The number of nitrogens with zero attached hydrogens (tertiary/aromatic N) is 4. The molecule has 0 aliphatic carbocycles. The normalized spacial score (nSPS) is 11.7. The Balaban J connectivity index is 1.57. The number of unbranched alkanes of at least 4 members (excludes halogenated alkanes) is 1. The third-order valence-electron chi connectivity index (χ3n) is 3.85. The number of aromatic nitrogens is 3. The SMILES string of the molecule is CCc1cnc(CCNC(=NC)NCCCCn2ccnc2C)s1. The highest BCUT2D eigenvalue weighted by molar-refractivity contribution is 7.11. The predicted octanol–water partition coefficient (Wildman–Crippen LogP) is 2.40. The first-order valence-corrected chi connectivity index (χ1v) is 9.40. The number of aryl methyl sites for hydroxylation is 3. The zero-order chi connectivity index (χ0) is 17.2. The highest BCUT2D eigenvalue weighted by Crippen LogP contribution is 2.13. The highest BCUT2D eigenvalue weighted by atomic mass is 32.1. The molecule has 0 saturated carbocycles. The maximum atomic E-state index is 4.44. The van der Waals surface area contributed by atoms with Gasteiger partial charge in [-0.15, -0.1) is 11.3 Å². The van der Waals surface area contributed by atoms with Crippen molar-refractivity contribution in [2.45, 2.75) is 46.1 Å². The molecule has 0 aromatic carbocycles. The molecule has 0 radical (unpaired) electrons. The van der Waals surface area contributed by atoms with Gasteiger partial charge in [0.05, 0.1) is 5.01 Å². The van der Waals surface area contributed by atoms with E-state index >= 15 is 0 Å². The fourth-order valence-corrected chi connectivity index (χ4v) is 3.25. The summed E-state index contributed by atoms with van der Waals surface area (Å²) in [5.74, 6) is 1.94. The molecule has 7 heteroatoms. The molecule has 0 aliphatic heterocycles. The minimum absolute atomic E-state index is 0.852. The number of nitrogens with one attached hydrogen (secondary N) is 2. The molecule has 0 unspecified atom stereocenters. The van der Waals surface area contributed by atoms with Crippen LogP contribution in [-0.4, -0.2) is 40.6 Å². The molecule has 2 aromatic rings. The monoisotopic (exact) mass is 348 g/mol. The maximum Gasteiger partial charge on any atom is 0.190 e. The zero-order valence-electron chi connectivity index (χ0n) is 14.9. The maximum absolute atomic E-state index is 4.44. The van der Waals surface area contributed by atoms with E-state index < -0.39 is 0 Å². The number of imidazole rings is 1. The largest absolute Gasteiger partial charge is 0.356 e. The van der Waals surface area contributed by atoms with Crippen LogP contribution in [0.4, 0.5) is 0 Å². The third-order valence-corrected chi connectivity index (χ3v) is 5.05. The van der Waals surface area contributed by atoms with Gasteiger partial charge in [0.1, 0.15) is 5.82 Å². The van der Waals surface area contributed by atoms with Crippen LogP contribution in [-0.2, 0) is 19.4 Å². The number of hydrogen-bond acceptors (Lipinski definition) is 4. The van der Waals surface area contributed by atoms with E-state index in [1.54, 1.807) is 11.3 Å². The van der Waals surface area contributed by atoms with Gasteiger partial charge in [-0.05, 0) is 26.2 Å². The standard InChI is InChI=1S/C17H28N6S/c1-4-15-13-22-16(24-15)7-9-21-17(18-3)20-8-5-6-11-23-12-10-19-14(23)2/h10,12-13H,4-9,11H2,1-3H3,(H2,18,20,21). The molecule has 132 valence electrons. The van der Waals surface area contributed by atoms with Crippen LogP contribution in [0, 0.1) is 6.92 Å². The molecule has 0 atom stereocenters. The fourth-order valence-electron chi connectivity index (χ4n) is 2.39. The van der Waals surface area contributed by atoms with E-state index in [2.05, 4.69) is 37.1 Å². The smallest absolute Gasteiger partial charge is 0.190 e.